The highest BCUT2D eigenvalue weighted by molar-refractivity contribution is 8.00. The first-order valence-electron chi connectivity index (χ1n) is 10.6. The number of halogens is 2. The van der Waals surface area contributed by atoms with Crippen molar-refractivity contribution in [2.45, 2.75) is 91.9 Å². The average Bonchev–Trinajstić information content (AvgIpc) is 3.22. The molecule has 0 bridgehead atoms. The monoisotopic (exact) mass is 416 g/mol. The molecule has 1 amide bonds. The number of carbonyl (C=O) groups is 1. The van der Waals surface area contributed by atoms with E-state index in [2.05, 4.69) is 16.0 Å². The molecule has 4 N–H and O–H groups in total. The molecule has 0 aromatic rings. The van der Waals surface area contributed by atoms with E-state index >= 15 is 0 Å². The van der Waals surface area contributed by atoms with Crippen molar-refractivity contribution in [3.05, 3.63) is 0 Å². The molecule has 6 nitrogen and oxygen atoms in total. The summed E-state index contributed by atoms with van der Waals surface area (Å²) >= 11 is 1.83. The molecule has 28 heavy (non-hydrogen) atoms. The average molecular weight is 417 g/mol. The summed E-state index contributed by atoms with van der Waals surface area (Å²) in [4.78, 5) is 15.0. The highest BCUT2D eigenvalue weighted by Crippen LogP contribution is 2.38. The van der Waals surface area contributed by atoms with Crippen LogP contribution in [0.1, 0.15) is 38.5 Å². The first-order valence-corrected chi connectivity index (χ1v) is 11.6. The van der Waals surface area contributed by atoms with E-state index in [1.807, 2.05) is 16.7 Å². The summed E-state index contributed by atoms with van der Waals surface area (Å²) in [6, 6.07) is 0.175. The standard InChI is InChI=1S/C19H30F2N4O2S/c20-9-3-13(21)12-7-16(23-15(12)4-9)18(27)25-2-1-14-17(8-25)28-19(24-14)22-10-5-11(26)6-10/h9-17,19,22-24,26H,1-8H2. The summed E-state index contributed by atoms with van der Waals surface area (Å²) in [6.07, 6.45) is 0.904. The predicted octanol–water partition coefficient (Wildman–Crippen LogP) is 0.506. The minimum absolute atomic E-state index is 0.0219. The van der Waals surface area contributed by atoms with Gasteiger partial charge in [-0.2, -0.15) is 0 Å². The summed E-state index contributed by atoms with van der Waals surface area (Å²) in [7, 11) is 0. The SMILES string of the molecule is O=C(C1CC2C(F)CC(F)CC2N1)N1CCC2NC(NC3CC(O)C3)SC2C1. The molecule has 0 radical (unpaired) electrons. The molecule has 5 rings (SSSR count). The van der Waals surface area contributed by atoms with Gasteiger partial charge in [-0.1, -0.05) is 0 Å². The zero-order valence-corrected chi connectivity index (χ0v) is 16.7. The molecule has 5 fully saturated rings. The molecule has 8 unspecified atom stereocenters. The van der Waals surface area contributed by atoms with Crippen molar-refractivity contribution in [1.29, 1.82) is 0 Å². The van der Waals surface area contributed by atoms with Crippen LogP contribution in [0.25, 0.3) is 0 Å². The number of piperidine rings is 1. The Morgan fingerprint density at radius 1 is 1.11 bits per heavy atom. The van der Waals surface area contributed by atoms with E-state index in [0.717, 1.165) is 19.3 Å². The highest BCUT2D eigenvalue weighted by Gasteiger charge is 2.48. The van der Waals surface area contributed by atoms with Crippen LogP contribution in [0.4, 0.5) is 8.78 Å². The van der Waals surface area contributed by atoms with Crippen LogP contribution >= 0.6 is 11.8 Å². The van der Waals surface area contributed by atoms with Gasteiger partial charge in [-0.05, 0) is 32.1 Å². The van der Waals surface area contributed by atoms with E-state index in [0.29, 0.717) is 43.3 Å². The van der Waals surface area contributed by atoms with Crippen molar-refractivity contribution in [2.75, 3.05) is 13.1 Å². The maximum atomic E-state index is 14.2. The number of aliphatic hydroxyl groups excluding tert-OH is 1. The van der Waals surface area contributed by atoms with Gasteiger partial charge in [0.25, 0.3) is 0 Å². The lowest BCUT2D eigenvalue weighted by Gasteiger charge is -2.35. The molecule has 9 heteroatoms. The van der Waals surface area contributed by atoms with Gasteiger partial charge in [-0.15, -0.1) is 11.8 Å². The Hall–Kier alpha value is -0.480. The van der Waals surface area contributed by atoms with Crippen molar-refractivity contribution in [3.63, 3.8) is 0 Å². The van der Waals surface area contributed by atoms with Crippen molar-refractivity contribution in [3.8, 4) is 0 Å². The molecule has 3 heterocycles. The number of amides is 1. The number of hydrogen-bond acceptors (Lipinski definition) is 6. The number of aliphatic hydroxyl groups is 1. The summed E-state index contributed by atoms with van der Waals surface area (Å²) in [6.45, 7) is 1.41. The molecule has 0 aromatic heterocycles. The topological polar surface area (TPSA) is 76.6 Å². The first-order chi connectivity index (χ1) is 13.5. The molecule has 2 saturated carbocycles. The smallest absolute Gasteiger partial charge is 0.239 e. The number of alkyl halides is 2. The number of thioether (sulfide) groups is 1. The van der Waals surface area contributed by atoms with Crippen LogP contribution in [0.2, 0.25) is 0 Å². The summed E-state index contributed by atoms with van der Waals surface area (Å²) in [5.74, 6) is -0.179. The van der Waals surface area contributed by atoms with Gasteiger partial charge in [0.15, 0.2) is 0 Å². The van der Waals surface area contributed by atoms with Crippen LogP contribution in [-0.2, 0) is 4.79 Å². The van der Waals surface area contributed by atoms with Gasteiger partial charge in [0, 0.05) is 48.8 Å². The third kappa shape index (κ3) is 3.69. The predicted molar refractivity (Wildman–Crippen MR) is 103 cm³/mol. The molecule has 158 valence electrons. The van der Waals surface area contributed by atoms with Gasteiger partial charge >= 0.3 is 0 Å². The van der Waals surface area contributed by atoms with Crippen molar-refractivity contribution in [2.24, 2.45) is 5.92 Å². The Morgan fingerprint density at radius 2 is 1.93 bits per heavy atom. The number of rotatable bonds is 3. The van der Waals surface area contributed by atoms with Crippen LogP contribution in [0.5, 0.6) is 0 Å². The number of likely N-dealkylation sites (tertiary alicyclic amines) is 1. The normalized spacial score (nSPS) is 50.8. The zero-order chi connectivity index (χ0) is 19.4. The number of nitrogens with one attached hydrogen (secondary N) is 3. The molecule has 8 atom stereocenters. The van der Waals surface area contributed by atoms with Gasteiger partial charge in [0.1, 0.15) is 17.8 Å². The third-order valence-corrected chi connectivity index (χ3v) is 8.61. The largest absolute Gasteiger partial charge is 0.393 e. The Kier molecular flexibility index (Phi) is 5.32. The van der Waals surface area contributed by atoms with Crippen molar-refractivity contribution in [1.82, 2.24) is 20.9 Å². The van der Waals surface area contributed by atoms with Gasteiger partial charge in [0.05, 0.1) is 12.1 Å². The van der Waals surface area contributed by atoms with Crippen molar-refractivity contribution < 1.29 is 18.7 Å². The van der Waals surface area contributed by atoms with E-state index in [1.54, 1.807) is 0 Å². The van der Waals surface area contributed by atoms with E-state index < -0.39 is 12.3 Å². The summed E-state index contributed by atoms with van der Waals surface area (Å²) in [5, 5.41) is 20.2. The van der Waals surface area contributed by atoms with Crippen LogP contribution < -0.4 is 16.0 Å². The fourth-order valence-electron chi connectivity index (χ4n) is 5.59. The fraction of sp³-hybridized carbons (Fsp3) is 0.947. The number of hydrogen-bond donors (Lipinski definition) is 4. The quantitative estimate of drug-likeness (QED) is 0.537. The minimum atomic E-state index is -1.14. The van der Waals surface area contributed by atoms with Crippen LogP contribution in [0, 0.1) is 5.92 Å². The second-order valence-corrected chi connectivity index (χ2v) is 10.5. The van der Waals surface area contributed by atoms with Gasteiger partial charge in [0.2, 0.25) is 5.91 Å². The van der Waals surface area contributed by atoms with Crippen LogP contribution in [0.15, 0.2) is 0 Å². The van der Waals surface area contributed by atoms with E-state index in [4.69, 9.17) is 0 Å². The van der Waals surface area contributed by atoms with Gasteiger partial charge in [-0.3, -0.25) is 15.4 Å². The lowest BCUT2D eigenvalue weighted by Crippen LogP contribution is -2.55. The first kappa shape index (κ1) is 19.5. The molecule has 0 spiro atoms. The lowest BCUT2D eigenvalue weighted by atomic mass is 9.82. The molecule has 5 aliphatic rings. The fourth-order valence-corrected chi connectivity index (χ4v) is 7.14. The number of carbonyl (C=O) groups excluding carboxylic acids is 1. The maximum absolute atomic E-state index is 14.2. The van der Waals surface area contributed by atoms with E-state index in [-0.39, 0.29) is 41.9 Å². The maximum Gasteiger partial charge on any atom is 0.239 e. The van der Waals surface area contributed by atoms with E-state index in [9.17, 15) is 18.7 Å². The Labute approximate surface area is 168 Å². The third-order valence-electron chi connectivity index (χ3n) is 7.24. The second kappa shape index (κ2) is 7.65. The van der Waals surface area contributed by atoms with Gasteiger partial charge < -0.3 is 15.3 Å². The molecular weight excluding hydrogens is 386 g/mol. The summed E-state index contributed by atoms with van der Waals surface area (Å²) < 4.78 is 27.9. The Morgan fingerprint density at radius 3 is 2.71 bits per heavy atom. The number of fused-ring (bicyclic) bond motifs is 2. The molecular formula is C19H30F2N4O2S. The zero-order valence-electron chi connectivity index (χ0n) is 15.9. The van der Waals surface area contributed by atoms with E-state index in [1.165, 1.54) is 0 Å². The highest BCUT2D eigenvalue weighted by atomic mass is 32.2. The molecule has 3 saturated heterocycles. The van der Waals surface area contributed by atoms with Crippen molar-refractivity contribution >= 4 is 17.7 Å². The molecule has 0 aromatic carbocycles. The lowest BCUT2D eigenvalue weighted by molar-refractivity contribution is -0.134. The van der Waals surface area contributed by atoms with Crippen LogP contribution in [-0.4, -0.2) is 82.4 Å². The van der Waals surface area contributed by atoms with Crippen LogP contribution in [0.3, 0.4) is 0 Å². The molecule has 3 aliphatic heterocycles. The Bertz CT molecular complexity index is 610. The second-order valence-electron chi connectivity index (χ2n) is 9.20. The summed E-state index contributed by atoms with van der Waals surface area (Å²) in [5.41, 5.74) is 0.170. The van der Waals surface area contributed by atoms with Gasteiger partial charge in [-0.25, -0.2) is 8.78 Å². The Balaban J connectivity index is 1.14. The minimum Gasteiger partial charge on any atom is -0.393 e. The molecule has 2 aliphatic carbocycles. The number of nitrogens with zero attached hydrogens (tertiary/aromatic N) is 1.